The number of benzene rings is 1. The van der Waals surface area contributed by atoms with Gasteiger partial charge in [-0.05, 0) is 38.5 Å². The zero-order valence-electron chi connectivity index (χ0n) is 16.4. The average Bonchev–Trinajstić information content (AvgIpc) is 3.29. The summed E-state index contributed by atoms with van der Waals surface area (Å²) >= 11 is 3.55. The van der Waals surface area contributed by atoms with Crippen LogP contribution in [-0.2, 0) is 6.54 Å². The van der Waals surface area contributed by atoms with E-state index in [0.717, 1.165) is 21.1 Å². The summed E-state index contributed by atoms with van der Waals surface area (Å²) < 4.78 is 4.62. The summed E-state index contributed by atoms with van der Waals surface area (Å²) in [6.45, 7) is 6.48. The number of fused-ring (bicyclic) bond motifs is 1. The number of aryl methyl sites for hydroxylation is 1. The van der Waals surface area contributed by atoms with Gasteiger partial charge in [0.2, 0.25) is 0 Å². The monoisotopic (exact) mass is 452 g/mol. The van der Waals surface area contributed by atoms with Gasteiger partial charge in [-0.15, -0.1) is 0 Å². The Morgan fingerprint density at radius 3 is 2.76 bits per heavy atom. The fourth-order valence-corrected chi connectivity index (χ4v) is 3.62. The highest BCUT2D eigenvalue weighted by Gasteiger charge is 2.17. The van der Waals surface area contributed by atoms with E-state index in [9.17, 15) is 4.79 Å². The topological polar surface area (TPSA) is 77.6 Å². The van der Waals surface area contributed by atoms with Crippen molar-refractivity contribution in [2.24, 2.45) is 0 Å². The van der Waals surface area contributed by atoms with E-state index >= 15 is 0 Å². The van der Waals surface area contributed by atoms with Crippen LogP contribution in [0, 0.1) is 6.92 Å². The Bertz CT molecular complexity index is 1190. The first-order chi connectivity index (χ1) is 13.9. The van der Waals surface area contributed by atoms with Crippen molar-refractivity contribution in [3.63, 3.8) is 0 Å². The number of rotatable bonds is 5. The van der Waals surface area contributed by atoms with Gasteiger partial charge in [0.15, 0.2) is 5.65 Å². The van der Waals surface area contributed by atoms with Gasteiger partial charge in [0.05, 0.1) is 30.2 Å². The van der Waals surface area contributed by atoms with Crippen molar-refractivity contribution >= 4 is 38.7 Å². The molecule has 29 heavy (non-hydrogen) atoms. The molecule has 0 unspecified atom stereocenters. The number of carbonyl (C=O) groups is 1. The molecule has 0 fully saturated rings. The highest BCUT2D eigenvalue weighted by atomic mass is 79.9. The maximum atomic E-state index is 13.0. The number of carbonyl (C=O) groups excluding carboxylic acids is 1. The third-order valence-corrected chi connectivity index (χ3v) is 5.50. The summed E-state index contributed by atoms with van der Waals surface area (Å²) in [6.07, 6.45) is 3.42. The molecule has 8 heteroatoms. The van der Waals surface area contributed by atoms with E-state index in [4.69, 9.17) is 0 Å². The van der Waals surface area contributed by atoms with E-state index in [1.54, 1.807) is 23.1 Å². The van der Waals surface area contributed by atoms with E-state index in [-0.39, 0.29) is 11.9 Å². The number of halogens is 1. The number of hydrogen-bond donors (Lipinski definition) is 1. The lowest BCUT2D eigenvalue weighted by Crippen LogP contribution is -2.18. The van der Waals surface area contributed by atoms with Crippen LogP contribution < -0.4 is 5.32 Å². The molecule has 0 saturated heterocycles. The van der Waals surface area contributed by atoms with E-state index in [2.05, 4.69) is 50.3 Å². The van der Waals surface area contributed by atoms with Gasteiger partial charge in [-0.2, -0.15) is 10.2 Å². The van der Waals surface area contributed by atoms with Crippen LogP contribution >= 0.6 is 15.9 Å². The summed E-state index contributed by atoms with van der Waals surface area (Å²) in [4.78, 5) is 17.6. The number of amides is 1. The summed E-state index contributed by atoms with van der Waals surface area (Å²) in [7, 11) is 0. The van der Waals surface area contributed by atoms with Crippen molar-refractivity contribution in [3.05, 3.63) is 70.1 Å². The number of nitrogens with zero attached hydrogens (tertiary/aromatic N) is 5. The Morgan fingerprint density at radius 2 is 2.00 bits per heavy atom. The van der Waals surface area contributed by atoms with Gasteiger partial charge in [0.25, 0.3) is 5.91 Å². The van der Waals surface area contributed by atoms with Crippen LogP contribution in [-0.4, -0.2) is 30.5 Å². The predicted octanol–water partition coefficient (Wildman–Crippen LogP) is 4.58. The Morgan fingerprint density at radius 1 is 1.21 bits per heavy atom. The van der Waals surface area contributed by atoms with Gasteiger partial charge in [-0.25, -0.2) is 14.3 Å². The van der Waals surface area contributed by atoms with Crippen LogP contribution in [0.2, 0.25) is 0 Å². The maximum absolute atomic E-state index is 13.0. The van der Waals surface area contributed by atoms with Gasteiger partial charge in [0, 0.05) is 22.0 Å². The molecular formula is C21H21BrN6O. The predicted molar refractivity (Wildman–Crippen MR) is 116 cm³/mol. The quantitative estimate of drug-likeness (QED) is 0.480. The number of anilines is 1. The molecule has 148 valence electrons. The molecule has 3 heterocycles. The molecule has 1 amide bonds. The number of aromatic nitrogens is 5. The van der Waals surface area contributed by atoms with E-state index in [1.807, 2.05) is 41.9 Å². The van der Waals surface area contributed by atoms with Gasteiger partial charge in [0.1, 0.15) is 5.82 Å². The Balaban J connectivity index is 1.60. The summed E-state index contributed by atoms with van der Waals surface area (Å²) in [5, 5.41) is 12.5. The van der Waals surface area contributed by atoms with Crippen molar-refractivity contribution in [2.45, 2.75) is 33.4 Å². The second-order valence-electron chi connectivity index (χ2n) is 7.14. The van der Waals surface area contributed by atoms with Gasteiger partial charge >= 0.3 is 0 Å². The molecular weight excluding hydrogens is 432 g/mol. The van der Waals surface area contributed by atoms with Crippen molar-refractivity contribution in [3.8, 4) is 0 Å². The first-order valence-electron chi connectivity index (χ1n) is 9.35. The molecule has 0 aliphatic heterocycles. The first kappa shape index (κ1) is 19.3. The molecule has 0 radical (unpaired) electrons. The van der Waals surface area contributed by atoms with Crippen LogP contribution in [0.25, 0.3) is 11.0 Å². The Labute approximate surface area is 176 Å². The van der Waals surface area contributed by atoms with Gasteiger partial charge in [-0.3, -0.25) is 4.79 Å². The molecule has 4 aromatic rings. The van der Waals surface area contributed by atoms with Crippen LogP contribution in [0.4, 0.5) is 5.82 Å². The Hall–Kier alpha value is -3.00. The van der Waals surface area contributed by atoms with Crippen molar-refractivity contribution < 1.29 is 4.79 Å². The number of hydrogen-bond acceptors (Lipinski definition) is 4. The minimum absolute atomic E-state index is 0.200. The first-order valence-corrected chi connectivity index (χ1v) is 10.1. The molecule has 0 spiro atoms. The molecule has 0 bridgehead atoms. The molecule has 0 saturated carbocycles. The highest BCUT2D eigenvalue weighted by Crippen LogP contribution is 2.22. The minimum Gasteiger partial charge on any atom is -0.307 e. The average molecular weight is 453 g/mol. The second-order valence-corrected chi connectivity index (χ2v) is 7.99. The molecule has 7 nitrogen and oxygen atoms in total. The molecule has 1 N–H and O–H groups in total. The fraction of sp³-hybridized carbons (Fsp3) is 0.238. The molecule has 0 aliphatic carbocycles. The van der Waals surface area contributed by atoms with E-state index < -0.39 is 0 Å². The van der Waals surface area contributed by atoms with Crippen LogP contribution in [0.1, 0.15) is 41.5 Å². The number of nitrogens with one attached hydrogen (secondary N) is 1. The number of pyridine rings is 1. The normalized spacial score (nSPS) is 11.3. The highest BCUT2D eigenvalue weighted by molar-refractivity contribution is 9.10. The zero-order valence-corrected chi connectivity index (χ0v) is 18.0. The lowest BCUT2D eigenvalue weighted by Gasteiger charge is -2.12. The summed E-state index contributed by atoms with van der Waals surface area (Å²) in [6, 6.07) is 11.8. The second kappa shape index (κ2) is 7.79. The lowest BCUT2D eigenvalue weighted by atomic mass is 10.1. The molecule has 0 aliphatic rings. The third kappa shape index (κ3) is 3.80. The lowest BCUT2D eigenvalue weighted by molar-refractivity contribution is 0.102. The van der Waals surface area contributed by atoms with E-state index in [0.29, 0.717) is 23.6 Å². The SMILES string of the molecule is Cc1nc2c(cnn2C(C)C)cc1C(=O)Nc1ccnn1Cc1ccccc1Br. The van der Waals surface area contributed by atoms with Crippen molar-refractivity contribution in [1.82, 2.24) is 24.5 Å². The largest absolute Gasteiger partial charge is 0.307 e. The van der Waals surface area contributed by atoms with Gasteiger partial charge in [-0.1, -0.05) is 34.1 Å². The van der Waals surface area contributed by atoms with Crippen molar-refractivity contribution in [2.75, 3.05) is 5.32 Å². The molecule has 3 aromatic heterocycles. The zero-order chi connectivity index (χ0) is 20.5. The molecule has 1 aromatic carbocycles. The fourth-order valence-electron chi connectivity index (χ4n) is 3.21. The smallest absolute Gasteiger partial charge is 0.258 e. The van der Waals surface area contributed by atoms with Gasteiger partial charge < -0.3 is 5.32 Å². The maximum Gasteiger partial charge on any atom is 0.258 e. The minimum atomic E-state index is -0.219. The van der Waals surface area contributed by atoms with Crippen molar-refractivity contribution in [1.29, 1.82) is 0 Å². The summed E-state index contributed by atoms with van der Waals surface area (Å²) in [5.41, 5.74) is 3.05. The van der Waals surface area contributed by atoms with Crippen LogP contribution in [0.15, 0.2) is 53.3 Å². The standard InChI is InChI=1S/C21H21BrN6O/c1-13(2)28-20-16(11-24-28)10-17(14(3)25-20)21(29)26-19-8-9-23-27(19)12-15-6-4-5-7-18(15)22/h4-11,13H,12H2,1-3H3,(H,26,29). The Kier molecular flexibility index (Phi) is 5.19. The summed E-state index contributed by atoms with van der Waals surface area (Å²) in [5.74, 6) is 0.409. The third-order valence-electron chi connectivity index (χ3n) is 4.73. The molecule has 4 rings (SSSR count). The van der Waals surface area contributed by atoms with Crippen LogP contribution in [0.3, 0.4) is 0 Å². The van der Waals surface area contributed by atoms with E-state index in [1.165, 1.54) is 0 Å². The molecule has 0 atom stereocenters. The van der Waals surface area contributed by atoms with Crippen LogP contribution in [0.5, 0.6) is 0 Å².